The number of nitrogens with one attached hydrogen (secondary N) is 1. The summed E-state index contributed by atoms with van der Waals surface area (Å²) in [7, 11) is 1.68. The van der Waals surface area contributed by atoms with Crippen molar-refractivity contribution in [2.75, 3.05) is 18.0 Å². The van der Waals surface area contributed by atoms with Crippen molar-refractivity contribution in [3.05, 3.63) is 20.8 Å². The van der Waals surface area contributed by atoms with Crippen LogP contribution in [0.15, 0.2) is 9.59 Å². The maximum atomic E-state index is 12.7. The average molecular weight is 404 g/mol. The molecule has 1 aliphatic heterocycles. The van der Waals surface area contributed by atoms with E-state index in [4.69, 9.17) is 4.98 Å². The molecule has 3 heterocycles. The second-order valence-electron chi connectivity index (χ2n) is 9.03. The van der Waals surface area contributed by atoms with Crippen molar-refractivity contribution < 1.29 is 0 Å². The van der Waals surface area contributed by atoms with Gasteiger partial charge in [-0.05, 0) is 24.7 Å². The molecule has 2 atom stereocenters. The number of hydrogen-bond acceptors (Lipinski definition) is 4. The molecule has 7 nitrogen and oxygen atoms in total. The Balaban J connectivity index is 1.87. The Labute approximate surface area is 173 Å². The Morgan fingerprint density at radius 2 is 1.62 bits per heavy atom. The summed E-state index contributed by atoms with van der Waals surface area (Å²) < 4.78 is 3.52. The van der Waals surface area contributed by atoms with Crippen molar-refractivity contribution in [2.45, 2.75) is 78.7 Å². The smallest absolute Gasteiger partial charge is 0.329 e. The van der Waals surface area contributed by atoms with E-state index in [0.717, 1.165) is 38.4 Å². The van der Waals surface area contributed by atoms with Gasteiger partial charge in [0.2, 0.25) is 5.95 Å². The van der Waals surface area contributed by atoms with Crippen molar-refractivity contribution in [3.63, 3.8) is 0 Å². The molecule has 1 fully saturated rings. The Morgan fingerprint density at radius 3 is 2.28 bits per heavy atom. The van der Waals surface area contributed by atoms with Gasteiger partial charge >= 0.3 is 5.69 Å². The Kier molecular flexibility index (Phi) is 7.19. The Bertz CT molecular complexity index is 916. The van der Waals surface area contributed by atoms with E-state index in [1.165, 1.54) is 43.1 Å². The third-order valence-electron chi connectivity index (χ3n) is 6.12. The van der Waals surface area contributed by atoms with Gasteiger partial charge in [0.25, 0.3) is 5.56 Å². The highest BCUT2D eigenvalue weighted by Gasteiger charge is 2.27. The van der Waals surface area contributed by atoms with Gasteiger partial charge in [0.1, 0.15) is 0 Å². The van der Waals surface area contributed by atoms with Crippen LogP contribution in [0.3, 0.4) is 0 Å². The minimum Gasteiger partial charge on any atom is -0.342 e. The summed E-state index contributed by atoms with van der Waals surface area (Å²) in [5.74, 6) is 2.02. The van der Waals surface area contributed by atoms with Crippen molar-refractivity contribution in [2.24, 2.45) is 18.9 Å². The van der Waals surface area contributed by atoms with Crippen LogP contribution in [0.1, 0.15) is 72.1 Å². The van der Waals surface area contributed by atoms with Crippen LogP contribution >= 0.6 is 0 Å². The number of rotatable bonds is 9. The number of nitrogens with zero attached hydrogens (tertiary/aromatic N) is 4. The first-order valence-electron chi connectivity index (χ1n) is 11.4. The summed E-state index contributed by atoms with van der Waals surface area (Å²) in [6.07, 6.45) is 9.78. The highest BCUT2D eigenvalue weighted by molar-refractivity contribution is 5.74. The minimum atomic E-state index is -0.407. The number of aryl methyl sites for hydroxylation is 2. The number of H-pyrrole nitrogens is 1. The number of fused-ring (bicyclic) bond motifs is 1. The van der Waals surface area contributed by atoms with Gasteiger partial charge in [-0.2, -0.15) is 4.98 Å². The van der Waals surface area contributed by atoms with Gasteiger partial charge in [0, 0.05) is 26.7 Å². The van der Waals surface area contributed by atoms with E-state index in [1.807, 2.05) is 0 Å². The molecule has 2 aromatic heterocycles. The van der Waals surface area contributed by atoms with Gasteiger partial charge in [-0.1, -0.05) is 59.3 Å². The normalized spacial score (nSPS) is 19.9. The lowest BCUT2D eigenvalue weighted by atomic mass is 9.92. The van der Waals surface area contributed by atoms with E-state index >= 15 is 0 Å². The molecule has 0 aromatic carbocycles. The van der Waals surface area contributed by atoms with Crippen molar-refractivity contribution in [1.82, 2.24) is 19.1 Å². The van der Waals surface area contributed by atoms with Crippen molar-refractivity contribution in [1.29, 1.82) is 0 Å². The summed E-state index contributed by atoms with van der Waals surface area (Å²) in [5, 5.41) is 0. The van der Waals surface area contributed by atoms with E-state index in [9.17, 15) is 9.59 Å². The molecule has 0 radical (unpaired) electrons. The molecule has 0 aliphatic carbocycles. The number of hydrogen-bond donors (Lipinski definition) is 1. The molecule has 0 spiro atoms. The second-order valence-corrected chi connectivity index (χ2v) is 9.03. The van der Waals surface area contributed by atoms with E-state index in [-0.39, 0.29) is 5.56 Å². The van der Waals surface area contributed by atoms with Crippen LogP contribution in [-0.4, -0.2) is 32.2 Å². The van der Waals surface area contributed by atoms with E-state index in [0.29, 0.717) is 23.0 Å². The molecule has 0 amide bonds. The Morgan fingerprint density at radius 1 is 1.00 bits per heavy atom. The molecule has 1 saturated heterocycles. The van der Waals surface area contributed by atoms with Gasteiger partial charge in [-0.15, -0.1) is 0 Å². The monoisotopic (exact) mass is 403 g/mol. The van der Waals surface area contributed by atoms with Crippen LogP contribution in [0, 0.1) is 11.8 Å². The van der Waals surface area contributed by atoms with Gasteiger partial charge in [0.05, 0.1) is 0 Å². The Hall–Kier alpha value is -2.05. The lowest BCUT2D eigenvalue weighted by molar-refractivity contribution is 0.351. The summed E-state index contributed by atoms with van der Waals surface area (Å²) >= 11 is 0. The number of aromatic amines is 1. The van der Waals surface area contributed by atoms with Crippen LogP contribution in [0.5, 0.6) is 0 Å². The number of aromatic nitrogens is 4. The summed E-state index contributed by atoms with van der Waals surface area (Å²) in [6.45, 7) is 9.43. The zero-order valence-electron chi connectivity index (χ0n) is 18.5. The molecular formula is C22H37N5O2. The van der Waals surface area contributed by atoms with Crippen LogP contribution in [-0.2, 0) is 13.6 Å². The van der Waals surface area contributed by atoms with Crippen LogP contribution in [0.25, 0.3) is 11.2 Å². The fourth-order valence-corrected chi connectivity index (χ4v) is 4.73. The van der Waals surface area contributed by atoms with Crippen LogP contribution in [0.4, 0.5) is 5.95 Å². The molecule has 2 unspecified atom stereocenters. The molecule has 3 rings (SSSR count). The zero-order valence-corrected chi connectivity index (χ0v) is 18.5. The molecule has 29 heavy (non-hydrogen) atoms. The third-order valence-corrected chi connectivity index (χ3v) is 6.12. The van der Waals surface area contributed by atoms with E-state index in [1.54, 1.807) is 7.05 Å². The first-order chi connectivity index (χ1) is 13.9. The molecule has 2 aromatic rings. The number of imidazole rings is 1. The average Bonchev–Trinajstić information content (AvgIpc) is 3.05. The molecule has 7 heteroatoms. The maximum Gasteiger partial charge on any atom is 0.329 e. The SMILES string of the molecule is CCCCCCCCCn1c(N2CC(C)CC(C)C2)nc2c1c(=O)[nH]c(=O)n2C. The van der Waals surface area contributed by atoms with Gasteiger partial charge in [0.15, 0.2) is 11.2 Å². The topological polar surface area (TPSA) is 75.9 Å². The lowest BCUT2D eigenvalue weighted by Crippen LogP contribution is -2.40. The first-order valence-corrected chi connectivity index (χ1v) is 11.4. The van der Waals surface area contributed by atoms with E-state index in [2.05, 4.69) is 35.2 Å². The fraction of sp³-hybridized carbons (Fsp3) is 0.773. The highest BCUT2D eigenvalue weighted by Crippen LogP contribution is 2.28. The van der Waals surface area contributed by atoms with Crippen molar-refractivity contribution >= 4 is 17.1 Å². The van der Waals surface area contributed by atoms with Gasteiger partial charge < -0.3 is 9.47 Å². The number of anilines is 1. The maximum absolute atomic E-state index is 12.7. The largest absolute Gasteiger partial charge is 0.342 e. The van der Waals surface area contributed by atoms with Gasteiger partial charge in [-0.3, -0.25) is 14.3 Å². The standard InChI is InChI=1S/C22H37N5O2/c1-5-6-7-8-9-10-11-12-27-18-19(25(4)22(29)24-20(18)28)23-21(27)26-14-16(2)13-17(3)15-26/h16-17H,5-15H2,1-4H3,(H,24,28,29). The van der Waals surface area contributed by atoms with Crippen LogP contribution in [0.2, 0.25) is 0 Å². The summed E-state index contributed by atoms with van der Waals surface area (Å²) in [6, 6.07) is 0. The van der Waals surface area contributed by atoms with Crippen molar-refractivity contribution in [3.8, 4) is 0 Å². The molecule has 162 valence electrons. The first kappa shape index (κ1) is 21.7. The quantitative estimate of drug-likeness (QED) is 0.648. The highest BCUT2D eigenvalue weighted by atomic mass is 16.2. The molecule has 1 N–H and O–H groups in total. The number of piperidine rings is 1. The predicted octanol–water partition coefficient (Wildman–Crippen LogP) is 3.66. The summed E-state index contributed by atoms with van der Waals surface area (Å²) in [4.78, 5) is 34.3. The molecule has 1 aliphatic rings. The predicted molar refractivity (Wildman–Crippen MR) is 119 cm³/mol. The van der Waals surface area contributed by atoms with Crippen LogP contribution < -0.4 is 16.1 Å². The third kappa shape index (κ3) is 4.93. The molecule has 0 bridgehead atoms. The fourth-order valence-electron chi connectivity index (χ4n) is 4.73. The summed E-state index contributed by atoms with van der Waals surface area (Å²) in [5.41, 5.74) is 0.277. The molecule has 0 saturated carbocycles. The number of unbranched alkanes of at least 4 members (excludes halogenated alkanes) is 6. The zero-order chi connectivity index (χ0) is 21.0. The van der Waals surface area contributed by atoms with E-state index < -0.39 is 5.69 Å². The minimum absolute atomic E-state index is 0.331. The molecular weight excluding hydrogens is 366 g/mol. The lowest BCUT2D eigenvalue weighted by Gasteiger charge is -2.35. The second kappa shape index (κ2) is 9.63. The van der Waals surface area contributed by atoms with Gasteiger partial charge in [-0.25, -0.2) is 4.79 Å².